The van der Waals surface area contributed by atoms with Crippen LogP contribution in [-0.4, -0.2) is 70.7 Å². The number of halogens is 2. The van der Waals surface area contributed by atoms with Crippen LogP contribution < -0.4 is 10.6 Å². The fourth-order valence-corrected chi connectivity index (χ4v) is 4.33. The molecule has 2 fully saturated rings. The number of benzene rings is 1. The molecule has 0 radical (unpaired) electrons. The van der Waals surface area contributed by atoms with Gasteiger partial charge in [0.05, 0.1) is 30.5 Å². The average molecular weight is 471 g/mol. The number of amides is 1. The van der Waals surface area contributed by atoms with Crippen LogP contribution in [0.25, 0.3) is 11.3 Å². The van der Waals surface area contributed by atoms with Crippen molar-refractivity contribution in [3.8, 4) is 11.3 Å². The first-order valence-corrected chi connectivity index (χ1v) is 10.4. The van der Waals surface area contributed by atoms with E-state index < -0.39 is 0 Å². The lowest BCUT2D eigenvalue weighted by molar-refractivity contribution is -0.122. The minimum Gasteiger partial charge on any atom is -0.373 e. The van der Waals surface area contributed by atoms with Gasteiger partial charge in [0.25, 0.3) is 0 Å². The second-order valence-electron chi connectivity index (χ2n) is 8.20. The quantitative estimate of drug-likeness (QED) is 0.695. The van der Waals surface area contributed by atoms with Crippen molar-refractivity contribution in [2.75, 3.05) is 26.7 Å². The molecule has 3 heterocycles. The molecule has 2 saturated heterocycles. The molecule has 0 spiro atoms. The topological polar surface area (TPSA) is 84.3 Å². The van der Waals surface area contributed by atoms with Gasteiger partial charge in [-0.2, -0.15) is 0 Å². The van der Waals surface area contributed by atoms with Crippen molar-refractivity contribution in [2.45, 2.75) is 51.1 Å². The number of hydrogen-bond donors (Lipinski definition) is 2. The van der Waals surface area contributed by atoms with Crippen LogP contribution in [0, 0.1) is 0 Å². The Morgan fingerprint density at radius 1 is 1.19 bits per heavy atom. The molecular formula is C21H32Cl2N6O2. The lowest BCUT2D eigenvalue weighted by Crippen LogP contribution is -2.44. The van der Waals surface area contributed by atoms with Gasteiger partial charge < -0.3 is 15.4 Å². The summed E-state index contributed by atoms with van der Waals surface area (Å²) in [4.78, 5) is 14.2. The standard InChI is InChI=1S/C21H30N6O2.2ClH/c1-14-10-26(11-15(2)29-14)12-16-4-6-17(7-5-16)20-13-27(25-24-20)18-8-19(23-9-18)21(28)22-3;;/h4-7,13-15,18-19,23H,8-12H2,1-3H3,(H,22,28);2*1H/t14-,15+,18-,19-;;/m0../s1. The molecule has 4 rings (SSSR count). The van der Waals surface area contributed by atoms with Crippen molar-refractivity contribution in [3.63, 3.8) is 0 Å². The van der Waals surface area contributed by atoms with Gasteiger partial charge in [0.1, 0.15) is 5.69 Å². The first kappa shape index (κ1) is 25.5. The van der Waals surface area contributed by atoms with Crippen LogP contribution in [0.1, 0.15) is 31.9 Å². The van der Waals surface area contributed by atoms with Gasteiger partial charge in [-0.15, -0.1) is 29.9 Å². The smallest absolute Gasteiger partial charge is 0.236 e. The van der Waals surface area contributed by atoms with E-state index in [-0.39, 0.29) is 55.0 Å². The molecule has 31 heavy (non-hydrogen) atoms. The van der Waals surface area contributed by atoms with E-state index in [2.05, 4.69) is 64.0 Å². The highest BCUT2D eigenvalue weighted by Crippen LogP contribution is 2.23. The van der Waals surface area contributed by atoms with Crippen molar-refractivity contribution in [1.29, 1.82) is 0 Å². The number of rotatable bonds is 5. The van der Waals surface area contributed by atoms with E-state index in [9.17, 15) is 4.79 Å². The molecule has 1 aromatic heterocycles. The summed E-state index contributed by atoms with van der Waals surface area (Å²) in [5.41, 5.74) is 3.20. The molecule has 0 bridgehead atoms. The van der Waals surface area contributed by atoms with Crippen LogP contribution in [0.3, 0.4) is 0 Å². The third-order valence-electron chi connectivity index (χ3n) is 5.71. The molecule has 10 heteroatoms. The predicted octanol–water partition coefficient (Wildman–Crippen LogP) is 2.05. The lowest BCUT2D eigenvalue weighted by Gasteiger charge is -2.35. The predicted molar refractivity (Wildman–Crippen MR) is 125 cm³/mol. The van der Waals surface area contributed by atoms with Crippen molar-refractivity contribution in [1.82, 2.24) is 30.5 Å². The largest absolute Gasteiger partial charge is 0.373 e. The fourth-order valence-electron chi connectivity index (χ4n) is 4.33. The average Bonchev–Trinajstić information content (AvgIpc) is 3.37. The fraction of sp³-hybridized carbons (Fsp3) is 0.571. The van der Waals surface area contributed by atoms with Gasteiger partial charge in [-0.1, -0.05) is 29.5 Å². The normalized spacial score (nSPS) is 26.0. The van der Waals surface area contributed by atoms with Crippen LogP contribution >= 0.6 is 24.8 Å². The maximum Gasteiger partial charge on any atom is 0.236 e. The molecule has 0 saturated carbocycles. The first-order valence-electron chi connectivity index (χ1n) is 10.4. The van der Waals surface area contributed by atoms with E-state index in [4.69, 9.17) is 4.74 Å². The number of aromatic nitrogens is 3. The third-order valence-corrected chi connectivity index (χ3v) is 5.71. The number of morpholine rings is 1. The zero-order valence-corrected chi connectivity index (χ0v) is 19.8. The van der Waals surface area contributed by atoms with Crippen molar-refractivity contribution in [3.05, 3.63) is 36.0 Å². The van der Waals surface area contributed by atoms with E-state index in [0.29, 0.717) is 0 Å². The molecule has 8 nitrogen and oxygen atoms in total. The number of hydrogen-bond acceptors (Lipinski definition) is 6. The first-order chi connectivity index (χ1) is 14.0. The van der Waals surface area contributed by atoms with Crippen molar-refractivity contribution in [2.24, 2.45) is 0 Å². The summed E-state index contributed by atoms with van der Waals surface area (Å²) in [6, 6.07) is 8.52. The summed E-state index contributed by atoms with van der Waals surface area (Å²) in [6.07, 6.45) is 3.25. The molecule has 4 atom stereocenters. The molecule has 0 unspecified atom stereocenters. The summed E-state index contributed by atoms with van der Waals surface area (Å²) < 4.78 is 7.69. The Labute approximate surface area is 195 Å². The maximum atomic E-state index is 11.8. The van der Waals surface area contributed by atoms with Gasteiger partial charge in [0.15, 0.2) is 0 Å². The molecule has 2 N–H and O–H groups in total. The monoisotopic (exact) mass is 470 g/mol. The number of carbonyl (C=O) groups excluding carboxylic acids is 1. The van der Waals surface area contributed by atoms with Gasteiger partial charge in [0, 0.05) is 38.8 Å². The second kappa shape index (κ2) is 11.2. The van der Waals surface area contributed by atoms with E-state index in [0.717, 1.165) is 43.9 Å². The number of nitrogens with zero attached hydrogens (tertiary/aromatic N) is 4. The minimum atomic E-state index is -0.164. The van der Waals surface area contributed by atoms with Gasteiger partial charge in [-0.3, -0.25) is 9.69 Å². The van der Waals surface area contributed by atoms with Gasteiger partial charge in [-0.25, -0.2) is 4.68 Å². The Morgan fingerprint density at radius 2 is 1.87 bits per heavy atom. The van der Waals surface area contributed by atoms with Crippen LogP contribution in [0.15, 0.2) is 30.5 Å². The molecule has 0 aliphatic carbocycles. The Balaban J connectivity index is 0.00000171. The summed E-state index contributed by atoms with van der Waals surface area (Å²) in [7, 11) is 1.66. The van der Waals surface area contributed by atoms with Crippen LogP contribution in [0.4, 0.5) is 0 Å². The number of carbonyl (C=O) groups is 1. The molecular weight excluding hydrogens is 439 g/mol. The van der Waals surface area contributed by atoms with Crippen LogP contribution in [0.2, 0.25) is 0 Å². The zero-order chi connectivity index (χ0) is 20.4. The third kappa shape index (κ3) is 6.17. The van der Waals surface area contributed by atoms with Crippen LogP contribution in [0.5, 0.6) is 0 Å². The Bertz CT molecular complexity index is 837. The highest BCUT2D eigenvalue weighted by atomic mass is 35.5. The van der Waals surface area contributed by atoms with Crippen LogP contribution in [-0.2, 0) is 16.1 Å². The highest BCUT2D eigenvalue weighted by Gasteiger charge is 2.30. The molecule has 2 aromatic rings. The zero-order valence-electron chi connectivity index (χ0n) is 18.2. The minimum absolute atomic E-state index is 0. The summed E-state index contributed by atoms with van der Waals surface area (Å²) >= 11 is 0. The summed E-state index contributed by atoms with van der Waals surface area (Å²) in [5.74, 6) is 0.0208. The van der Waals surface area contributed by atoms with Crippen molar-refractivity contribution >= 4 is 30.7 Å². The number of nitrogens with one attached hydrogen (secondary N) is 2. The molecule has 2 aliphatic rings. The van der Waals surface area contributed by atoms with Crippen molar-refractivity contribution < 1.29 is 9.53 Å². The van der Waals surface area contributed by atoms with Gasteiger partial charge in [-0.05, 0) is 25.8 Å². The second-order valence-corrected chi connectivity index (χ2v) is 8.20. The number of likely N-dealkylation sites (N-methyl/N-ethyl adjacent to an activating group) is 1. The van der Waals surface area contributed by atoms with E-state index in [1.807, 2.05) is 10.9 Å². The number of ether oxygens (including phenoxy) is 1. The molecule has 1 aromatic carbocycles. The summed E-state index contributed by atoms with van der Waals surface area (Å²) in [5, 5.41) is 14.6. The van der Waals surface area contributed by atoms with Gasteiger partial charge >= 0.3 is 0 Å². The SMILES string of the molecule is CNC(=O)[C@@H]1C[C@H](n2cc(-c3ccc(CN4C[C@@H](C)O[C@@H](C)C4)cc3)nn2)CN1.Cl.Cl. The Hall–Kier alpha value is -1.71. The highest BCUT2D eigenvalue weighted by molar-refractivity contribution is 5.85. The van der Waals surface area contributed by atoms with E-state index in [1.165, 1.54) is 5.56 Å². The molecule has 172 valence electrons. The Kier molecular flexibility index (Phi) is 9.27. The van der Waals surface area contributed by atoms with E-state index in [1.54, 1.807) is 7.05 Å². The lowest BCUT2D eigenvalue weighted by atomic mass is 10.1. The Morgan fingerprint density at radius 3 is 2.52 bits per heavy atom. The summed E-state index contributed by atoms with van der Waals surface area (Å²) in [6.45, 7) is 7.84. The van der Waals surface area contributed by atoms with Gasteiger partial charge in [0.2, 0.25) is 5.91 Å². The maximum absolute atomic E-state index is 11.8. The van der Waals surface area contributed by atoms with E-state index >= 15 is 0 Å². The molecule has 2 aliphatic heterocycles. The molecule has 1 amide bonds.